The van der Waals surface area contributed by atoms with Gasteiger partial charge in [-0.05, 0) is 81.3 Å². The summed E-state index contributed by atoms with van der Waals surface area (Å²) in [6.45, 7) is 2.03. The molecule has 3 aromatic rings. The van der Waals surface area contributed by atoms with Gasteiger partial charge in [0.25, 0.3) is 5.91 Å². The quantitative estimate of drug-likeness (QED) is 0.639. The molecule has 6 heteroatoms. The summed E-state index contributed by atoms with van der Waals surface area (Å²) in [4.78, 5) is 15.7. The Balaban J connectivity index is 1.47. The number of fused-ring (bicyclic) bond motifs is 1. The highest BCUT2D eigenvalue weighted by atomic mass is 19.1. The second-order valence-electron chi connectivity index (χ2n) is 8.39. The molecule has 2 heterocycles. The fourth-order valence-corrected chi connectivity index (χ4v) is 4.75. The van der Waals surface area contributed by atoms with Gasteiger partial charge in [0, 0.05) is 24.3 Å². The molecule has 0 spiro atoms. The third kappa shape index (κ3) is 3.94. The van der Waals surface area contributed by atoms with E-state index in [-0.39, 0.29) is 11.7 Å². The molecule has 160 valence electrons. The van der Waals surface area contributed by atoms with E-state index in [0.717, 1.165) is 67.1 Å². The predicted octanol–water partition coefficient (Wildman–Crippen LogP) is 5.13. The van der Waals surface area contributed by atoms with E-state index in [0.29, 0.717) is 5.69 Å². The maximum atomic E-state index is 13.4. The van der Waals surface area contributed by atoms with Crippen molar-refractivity contribution in [2.45, 2.75) is 44.9 Å². The maximum Gasteiger partial charge on any atom is 0.276 e. The Morgan fingerprint density at radius 2 is 1.65 bits per heavy atom. The highest BCUT2D eigenvalue weighted by molar-refractivity contribution is 6.05. The number of rotatable bonds is 4. The molecule has 1 saturated heterocycles. The number of anilines is 2. The number of nitrogens with zero attached hydrogens (tertiary/aromatic N) is 3. The van der Waals surface area contributed by atoms with Crippen molar-refractivity contribution in [3.05, 3.63) is 71.3 Å². The van der Waals surface area contributed by atoms with Gasteiger partial charge in [-0.2, -0.15) is 5.10 Å². The molecule has 31 heavy (non-hydrogen) atoms. The minimum atomic E-state index is -0.281. The molecule has 5 nitrogen and oxygen atoms in total. The number of nitrogens with one attached hydrogen (secondary N) is 1. The van der Waals surface area contributed by atoms with Gasteiger partial charge in [-0.15, -0.1) is 0 Å². The third-order valence-corrected chi connectivity index (χ3v) is 6.32. The van der Waals surface area contributed by atoms with E-state index >= 15 is 0 Å². The van der Waals surface area contributed by atoms with Crippen molar-refractivity contribution in [3.63, 3.8) is 0 Å². The monoisotopic (exact) mass is 418 g/mol. The van der Waals surface area contributed by atoms with E-state index in [1.54, 1.807) is 12.1 Å². The highest BCUT2D eigenvalue weighted by Gasteiger charge is 2.26. The molecule has 0 saturated carbocycles. The van der Waals surface area contributed by atoms with Gasteiger partial charge >= 0.3 is 0 Å². The van der Waals surface area contributed by atoms with E-state index in [9.17, 15) is 9.18 Å². The lowest BCUT2D eigenvalue weighted by Crippen LogP contribution is -2.30. The summed E-state index contributed by atoms with van der Waals surface area (Å²) in [5, 5.41) is 7.83. The average molecular weight is 419 g/mol. The molecule has 2 aliphatic rings. The molecule has 1 aliphatic carbocycles. The number of halogens is 1. The van der Waals surface area contributed by atoms with Crippen molar-refractivity contribution in [3.8, 4) is 5.69 Å². The predicted molar refractivity (Wildman–Crippen MR) is 121 cm³/mol. The summed E-state index contributed by atoms with van der Waals surface area (Å²) in [5.74, 6) is -0.458. The van der Waals surface area contributed by atoms with E-state index in [1.807, 2.05) is 22.9 Å². The van der Waals surface area contributed by atoms with Crippen LogP contribution in [-0.4, -0.2) is 28.8 Å². The Bertz CT molecular complexity index is 1080. The Labute approximate surface area is 181 Å². The third-order valence-electron chi connectivity index (χ3n) is 6.32. The van der Waals surface area contributed by atoms with Gasteiger partial charge in [0.1, 0.15) is 5.82 Å². The van der Waals surface area contributed by atoms with Crippen molar-refractivity contribution in [2.24, 2.45) is 0 Å². The first-order chi connectivity index (χ1) is 15.2. The van der Waals surface area contributed by atoms with Crippen molar-refractivity contribution in [1.29, 1.82) is 0 Å². The molecule has 0 atom stereocenters. The summed E-state index contributed by atoms with van der Waals surface area (Å²) >= 11 is 0. The molecule has 1 aliphatic heterocycles. The summed E-state index contributed by atoms with van der Waals surface area (Å²) in [5.41, 5.74) is 5.24. The number of benzene rings is 2. The number of para-hydroxylation sites is 2. The fourth-order valence-electron chi connectivity index (χ4n) is 4.75. The van der Waals surface area contributed by atoms with Crippen molar-refractivity contribution in [2.75, 3.05) is 23.3 Å². The first-order valence-corrected chi connectivity index (χ1v) is 11.2. The van der Waals surface area contributed by atoms with E-state index < -0.39 is 0 Å². The summed E-state index contributed by atoms with van der Waals surface area (Å²) in [6.07, 6.45) is 7.45. The van der Waals surface area contributed by atoms with Crippen LogP contribution < -0.4 is 10.2 Å². The number of carbonyl (C=O) groups is 1. The van der Waals surface area contributed by atoms with Crippen LogP contribution in [0.3, 0.4) is 0 Å². The summed E-state index contributed by atoms with van der Waals surface area (Å²) < 4.78 is 15.2. The fraction of sp³-hybridized carbons (Fsp3) is 0.360. The molecule has 1 aromatic heterocycles. The van der Waals surface area contributed by atoms with E-state index in [4.69, 9.17) is 5.10 Å². The second-order valence-corrected chi connectivity index (χ2v) is 8.39. The molecular formula is C25H27FN4O. The van der Waals surface area contributed by atoms with Gasteiger partial charge in [-0.25, -0.2) is 9.07 Å². The van der Waals surface area contributed by atoms with Crippen LogP contribution in [0.15, 0.2) is 48.5 Å². The van der Waals surface area contributed by atoms with Gasteiger partial charge < -0.3 is 10.2 Å². The molecule has 1 N–H and O–H groups in total. The minimum absolute atomic E-state index is 0.177. The zero-order valence-corrected chi connectivity index (χ0v) is 17.6. The smallest absolute Gasteiger partial charge is 0.276 e. The topological polar surface area (TPSA) is 50.2 Å². The second kappa shape index (κ2) is 8.53. The Morgan fingerprint density at radius 1 is 0.903 bits per heavy atom. The Kier molecular flexibility index (Phi) is 5.45. The van der Waals surface area contributed by atoms with Crippen LogP contribution in [0.2, 0.25) is 0 Å². The van der Waals surface area contributed by atoms with Crippen LogP contribution in [0, 0.1) is 5.82 Å². The minimum Gasteiger partial charge on any atom is -0.370 e. The first-order valence-electron chi connectivity index (χ1n) is 11.2. The number of hydrogen-bond donors (Lipinski definition) is 1. The number of carbonyl (C=O) groups excluding carboxylic acids is 1. The largest absolute Gasteiger partial charge is 0.370 e. The van der Waals surface area contributed by atoms with Gasteiger partial charge in [0.2, 0.25) is 0 Å². The van der Waals surface area contributed by atoms with Crippen LogP contribution in [0.5, 0.6) is 0 Å². The molecule has 0 bridgehead atoms. The zero-order valence-electron chi connectivity index (χ0n) is 17.6. The summed E-state index contributed by atoms with van der Waals surface area (Å²) in [7, 11) is 0. The average Bonchev–Trinajstić information content (AvgIpc) is 3.20. The van der Waals surface area contributed by atoms with Crippen LogP contribution in [0.25, 0.3) is 5.69 Å². The van der Waals surface area contributed by atoms with Crippen molar-refractivity contribution < 1.29 is 9.18 Å². The first kappa shape index (κ1) is 19.8. The van der Waals surface area contributed by atoms with Crippen LogP contribution in [0.1, 0.15) is 53.8 Å². The molecule has 1 amide bonds. The normalized spacial score (nSPS) is 16.1. The van der Waals surface area contributed by atoms with Gasteiger partial charge in [-0.1, -0.05) is 12.1 Å². The number of hydrogen-bond acceptors (Lipinski definition) is 3. The number of piperidine rings is 1. The maximum absolute atomic E-state index is 13.4. The van der Waals surface area contributed by atoms with E-state index in [2.05, 4.69) is 16.3 Å². The zero-order chi connectivity index (χ0) is 21.2. The van der Waals surface area contributed by atoms with E-state index in [1.165, 1.54) is 31.4 Å². The molecule has 0 radical (unpaired) electrons. The summed E-state index contributed by atoms with van der Waals surface area (Å²) in [6, 6.07) is 14.3. The SMILES string of the molecule is O=C(Nc1ccccc1N1CCCCC1)c1nn(-c2ccc(F)cc2)c2c1CCCC2. The molecular weight excluding hydrogens is 391 g/mol. The molecule has 2 aromatic carbocycles. The van der Waals surface area contributed by atoms with Gasteiger partial charge in [0.15, 0.2) is 5.69 Å². The van der Waals surface area contributed by atoms with Crippen molar-refractivity contribution >= 4 is 17.3 Å². The lowest BCUT2D eigenvalue weighted by atomic mass is 9.95. The van der Waals surface area contributed by atoms with Gasteiger partial charge in [-0.3, -0.25) is 4.79 Å². The standard InChI is InChI=1S/C25H27FN4O/c26-18-12-14-19(15-13-18)30-22-10-4-2-8-20(22)24(28-30)25(31)27-21-9-3-5-11-23(21)29-16-6-1-7-17-29/h3,5,9,11-15H,1-2,4,6-8,10,16-17H2,(H,27,31). The van der Waals surface area contributed by atoms with Crippen LogP contribution in [-0.2, 0) is 12.8 Å². The van der Waals surface area contributed by atoms with Crippen LogP contribution in [0.4, 0.5) is 15.8 Å². The number of amides is 1. The Morgan fingerprint density at radius 3 is 2.45 bits per heavy atom. The molecule has 5 rings (SSSR count). The highest BCUT2D eigenvalue weighted by Crippen LogP contribution is 2.31. The Hall–Kier alpha value is -3.15. The van der Waals surface area contributed by atoms with Crippen LogP contribution >= 0.6 is 0 Å². The molecule has 1 fully saturated rings. The lowest BCUT2D eigenvalue weighted by Gasteiger charge is -2.30. The van der Waals surface area contributed by atoms with Crippen molar-refractivity contribution in [1.82, 2.24) is 9.78 Å². The number of aromatic nitrogens is 2. The van der Waals surface area contributed by atoms with Gasteiger partial charge in [0.05, 0.1) is 17.1 Å². The molecule has 0 unspecified atom stereocenters. The lowest BCUT2D eigenvalue weighted by molar-refractivity contribution is 0.102.